The first kappa shape index (κ1) is 26.6. The van der Waals surface area contributed by atoms with Gasteiger partial charge in [0.1, 0.15) is 18.2 Å². The number of methoxy groups -OCH3 is 1. The molecule has 0 radical (unpaired) electrons. The van der Waals surface area contributed by atoms with Crippen molar-refractivity contribution in [2.75, 3.05) is 37.5 Å². The van der Waals surface area contributed by atoms with E-state index >= 15 is 0 Å². The molecule has 1 atom stereocenters. The van der Waals surface area contributed by atoms with Crippen molar-refractivity contribution in [2.24, 2.45) is 0 Å². The number of hydrogen-bond acceptors (Lipinski definition) is 5. The Hall–Kier alpha value is -3.95. The Morgan fingerprint density at radius 3 is 2.59 bits per heavy atom. The molecule has 0 aliphatic carbocycles. The number of carbonyl (C=O) groups is 2. The molecule has 0 unspecified atom stereocenters. The second kappa shape index (κ2) is 11.8. The van der Waals surface area contributed by atoms with E-state index in [1.807, 2.05) is 49.4 Å². The molecule has 1 aliphatic heterocycles. The number of ether oxygens (including phenoxy) is 1. The average molecular weight is 545 g/mol. The number of anilines is 1. The van der Waals surface area contributed by atoms with E-state index in [-0.39, 0.29) is 35.2 Å². The fraction of sp³-hybridized carbons (Fsp3) is 0.233. The van der Waals surface area contributed by atoms with Crippen LogP contribution in [0.25, 0.3) is 16.9 Å². The van der Waals surface area contributed by atoms with Crippen LogP contribution in [-0.4, -0.2) is 54.2 Å². The van der Waals surface area contributed by atoms with Crippen molar-refractivity contribution in [3.05, 3.63) is 101 Å². The largest absolute Gasteiger partial charge is 0.383 e. The highest BCUT2D eigenvalue weighted by molar-refractivity contribution is 8.00. The first-order valence-electron chi connectivity index (χ1n) is 12.6. The molecule has 3 aromatic carbocycles. The topological polar surface area (TPSA) is 76.5 Å². The maximum Gasteiger partial charge on any atom is 0.240 e. The summed E-state index contributed by atoms with van der Waals surface area (Å²) in [6.45, 7) is 2.55. The molecule has 5 rings (SSSR count). The first-order chi connectivity index (χ1) is 19.0. The standard InChI is InChI=1S/C30H29FN4O3S/c1-20-7-6-10-22(17-20)29-27-28(21-8-4-3-5-9-21)33-35(24-13-11-23(31)12-14-24)30(27)34(26(37)19-39-29)18-25(36)32-15-16-38-2/h3-14,17,29H,15-16,18-19H2,1-2H3,(H,32,36)/t29-/m1/s1. The van der Waals surface area contributed by atoms with Gasteiger partial charge in [-0.3, -0.25) is 14.5 Å². The van der Waals surface area contributed by atoms with E-state index < -0.39 is 0 Å². The van der Waals surface area contributed by atoms with Gasteiger partial charge in [-0.25, -0.2) is 9.07 Å². The predicted octanol–water partition coefficient (Wildman–Crippen LogP) is 4.92. The molecule has 2 heterocycles. The molecule has 0 spiro atoms. The Balaban J connectivity index is 1.75. The van der Waals surface area contributed by atoms with Crippen LogP contribution in [0.1, 0.15) is 21.9 Å². The van der Waals surface area contributed by atoms with Crippen LogP contribution < -0.4 is 10.2 Å². The highest BCUT2D eigenvalue weighted by atomic mass is 32.2. The molecule has 0 saturated heterocycles. The number of thioether (sulfide) groups is 1. The molecule has 200 valence electrons. The average Bonchev–Trinajstić information content (AvgIpc) is 3.26. The Bertz CT molecular complexity index is 1470. The van der Waals surface area contributed by atoms with Crippen molar-refractivity contribution >= 4 is 29.4 Å². The summed E-state index contributed by atoms with van der Waals surface area (Å²) in [4.78, 5) is 28.1. The van der Waals surface area contributed by atoms with Crippen molar-refractivity contribution < 1.29 is 18.7 Å². The normalized spacial score (nSPS) is 15.1. The zero-order chi connectivity index (χ0) is 27.4. The van der Waals surface area contributed by atoms with Crippen molar-refractivity contribution in [2.45, 2.75) is 12.2 Å². The Morgan fingerprint density at radius 1 is 1.10 bits per heavy atom. The fourth-order valence-corrected chi connectivity index (χ4v) is 5.87. The third-order valence-corrected chi connectivity index (χ3v) is 7.74. The van der Waals surface area contributed by atoms with Gasteiger partial charge in [-0.15, -0.1) is 11.8 Å². The first-order valence-corrected chi connectivity index (χ1v) is 13.7. The van der Waals surface area contributed by atoms with Crippen LogP contribution in [0.3, 0.4) is 0 Å². The molecular formula is C30H29FN4O3S. The molecule has 7 nitrogen and oxygen atoms in total. The van der Waals surface area contributed by atoms with Gasteiger partial charge in [-0.1, -0.05) is 60.2 Å². The van der Waals surface area contributed by atoms with Gasteiger partial charge in [0.2, 0.25) is 11.8 Å². The molecule has 4 aromatic rings. The molecular weight excluding hydrogens is 515 g/mol. The van der Waals surface area contributed by atoms with Gasteiger partial charge in [-0.2, -0.15) is 5.10 Å². The number of hydrogen-bond donors (Lipinski definition) is 1. The number of fused-ring (bicyclic) bond motifs is 1. The van der Waals surface area contributed by atoms with E-state index in [4.69, 9.17) is 9.84 Å². The van der Waals surface area contributed by atoms with Crippen LogP contribution in [0.2, 0.25) is 0 Å². The highest BCUT2D eigenvalue weighted by Crippen LogP contribution is 2.48. The van der Waals surface area contributed by atoms with Gasteiger partial charge in [0.25, 0.3) is 0 Å². The number of rotatable bonds is 8. The number of aryl methyl sites for hydroxylation is 1. The molecule has 1 aliphatic rings. The number of benzene rings is 3. The lowest BCUT2D eigenvalue weighted by Crippen LogP contribution is -2.43. The van der Waals surface area contributed by atoms with Crippen molar-refractivity contribution in [1.29, 1.82) is 0 Å². The van der Waals surface area contributed by atoms with Crippen LogP contribution in [0.15, 0.2) is 78.9 Å². The van der Waals surface area contributed by atoms with Gasteiger partial charge in [0.05, 0.1) is 29.0 Å². The molecule has 9 heteroatoms. The van der Waals surface area contributed by atoms with E-state index in [1.165, 1.54) is 28.8 Å². The summed E-state index contributed by atoms with van der Waals surface area (Å²) in [7, 11) is 1.56. The van der Waals surface area contributed by atoms with E-state index in [0.717, 1.165) is 22.3 Å². The number of amides is 2. The van der Waals surface area contributed by atoms with E-state index in [0.29, 0.717) is 30.4 Å². The number of nitrogens with one attached hydrogen (secondary N) is 1. The third-order valence-electron chi connectivity index (χ3n) is 6.48. The molecule has 0 fully saturated rings. The predicted molar refractivity (Wildman–Crippen MR) is 152 cm³/mol. The fourth-order valence-electron chi connectivity index (χ4n) is 4.68. The quantitative estimate of drug-likeness (QED) is 0.319. The number of halogens is 1. The van der Waals surface area contributed by atoms with Gasteiger partial charge in [-0.05, 0) is 36.8 Å². The van der Waals surface area contributed by atoms with Gasteiger partial charge < -0.3 is 10.1 Å². The Labute approximate surface area is 231 Å². The lowest BCUT2D eigenvalue weighted by molar-refractivity contribution is -0.123. The second-order valence-electron chi connectivity index (χ2n) is 9.27. The summed E-state index contributed by atoms with van der Waals surface area (Å²) in [5, 5.41) is 7.59. The van der Waals surface area contributed by atoms with E-state index in [9.17, 15) is 14.0 Å². The molecule has 0 bridgehead atoms. The smallest absolute Gasteiger partial charge is 0.240 e. The minimum atomic E-state index is -0.376. The van der Waals surface area contributed by atoms with E-state index in [2.05, 4.69) is 17.4 Å². The lowest BCUT2D eigenvalue weighted by Gasteiger charge is -2.23. The van der Waals surface area contributed by atoms with Crippen molar-refractivity contribution in [3.63, 3.8) is 0 Å². The zero-order valence-corrected chi connectivity index (χ0v) is 22.6. The molecule has 39 heavy (non-hydrogen) atoms. The Morgan fingerprint density at radius 2 is 1.87 bits per heavy atom. The Kier molecular flexibility index (Phi) is 8.09. The van der Waals surface area contributed by atoms with Crippen LogP contribution in [-0.2, 0) is 14.3 Å². The van der Waals surface area contributed by atoms with Gasteiger partial charge >= 0.3 is 0 Å². The summed E-state index contributed by atoms with van der Waals surface area (Å²) < 4.78 is 20.6. The molecule has 0 saturated carbocycles. The second-order valence-corrected chi connectivity index (χ2v) is 10.4. The van der Waals surface area contributed by atoms with Crippen LogP contribution in [0.5, 0.6) is 0 Å². The van der Waals surface area contributed by atoms with Crippen LogP contribution in [0, 0.1) is 12.7 Å². The van der Waals surface area contributed by atoms with Crippen LogP contribution >= 0.6 is 11.8 Å². The van der Waals surface area contributed by atoms with Crippen LogP contribution in [0.4, 0.5) is 10.2 Å². The van der Waals surface area contributed by atoms with Gasteiger partial charge in [0, 0.05) is 24.8 Å². The maximum absolute atomic E-state index is 13.9. The minimum absolute atomic E-state index is 0.177. The SMILES string of the molecule is COCCNC(=O)CN1C(=O)CS[C@H](c2cccc(C)c2)c2c(-c3ccccc3)nn(-c3ccc(F)cc3)c21. The van der Waals surface area contributed by atoms with Crippen molar-refractivity contribution in [3.8, 4) is 16.9 Å². The van der Waals surface area contributed by atoms with Crippen molar-refractivity contribution in [1.82, 2.24) is 15.1 Å². The number of carbonyl (C=O) groups excluding carboxylic acids is 2. The van der Waals surface area contributed by atoms with E-state index in [1.54, 1.807) is 23.9 Å². The molecule has 2 amide bonds. The summed E-state index contributed by atoms with van der Waals surface area (Å²) >= 11 is 1.51. The summed E-state index contributed by atoms with van der Waals surface area (Å²) in [6, 6.07) is 23.9. The number of nitrogens with zero attached hydrogens (tertiary/aromatic N) is 3. The lowest BCUT2D eigenvalue weighted by atomic mass is 9.98. The zero-order valence-electron chi connectivity index (χ0n) is 21.8. The maximum atomic E-state index is 13.9. The monoisotopic (exact) mass is 544 g/mol. The van der Waals surface area contributed by atoms with Gasteiger partial charge in [0.15, 0.2) is 0 Å². The minimum Gasteiger partial charge on any atom is -0.383 e. The molecule has 1 aromatic heterocycles. The molecule has 1 N–H and O–H groups in total. The number of aromatic nitrogens is 2. The summed E-state index contributed by atoms with van der Waals surface area (Å²) in [6.07, 6.45) is 0. The highest BCUT2D eigenvalue weighted by Gasteiger charge is 2.37. The third kappa shape index (κ3) is 5.74. The summed E-state index contributed by atoms with van der Waals surface area (Å²) in [5.74, 6) is -0.210. The summed E-state index contributed by atoms with van der Waals surface area (Å²) in [5.41, 5.74) is 5.14.